The Morgan fingerprint density at radius 3 is 2.38 bits per heavy atom. The number of fused-ring (bicyclic) bond motifs is 6. The average molecular weight is 615 g/mol. The summed E-state index contributed by atoms with van der Waals surface area (Å²) in [6.45, 7) is 0. The minimum Gasteiger partial charge on any atom is -0.481 e. The Kier molecular flexibility index (Phi) is 6.54. The summed E-state index contributed by atoms with van der Waals surface area (Å²) < 4.78 is 16.1. The number of halogens is 3. The maximum atomic E-state index is 16.1. The molecule has 1 amide bonds. The van der Waals surface area contributed by atoms with E-state index in [4.69, 9.17) is 23.2 Å². The summed E-state index contributed by atoms with van der Waals surface area (Å²) >= 11 is 12.6. The topological polar surface area (TPSA) is 108 Å². The van der Waals surface area contributed by atoms with Crippen molar-refractivity contribution in [1.82, 2.24) is 10.3 Å². The predicted octanol–water partition coefficient (Wildman–Crippen LogP) is 6.56. The second-order valence-electron chi connectivity index (χ2n) is 13.4. The van der Waals surface area contributed by atoms with Crippen molar-refractivity contribution in [2.24, 2.45) is 10.8 Å². The van der Waals surface area contributed by atoms with Crippen molar-refractivity contribution in [1.29, 1.82) is 0 Å². The number of carboxylic acids is 1. The largest absolute Gasteiger partial charge is 0.481 e. The molecule has 6 aliphatic rings. The van der Waals surface area contributed by atoms with E-state index in [0.717, 1.165) is 19.3 Å². The highest BCUT2D eigenvalue weighted by atomic mass is 35.5. The van der Waals surface area contributed by atoms with E-state index in [1.807, 2.05) is 0 Å². The fourth-order valence-electron chi connectivity index (χ4n) is 9.48. The van der Waals surface area contributed by atoms with Gasteiger partial charge in [-0.15, -0.1) is 0 Å². The molecule has 10 heteroatoms. The van der Waals surface area contributed by atoms with E-state index in [9.17, 15) is 19.5 Å². The van der Waals surface area contributed by atoms with Crippen LogP contribution in [-0.4, -0.2) is 39.3 Å². The number of carboxylic acid groups (broad SMARTS) is 1. The van der Waals surface area contributed by atoms with Gasteiger partial charge < -0.3 is 10.4 Å². The predicted molar refractivity (Wildman–Crippen MR) is 156 cm³/mol. The Labute approximate surface area is 253 Å². The molecule has 1 aromatic carbocycles. The van der Waals surface area contributed by atoms with Crippen LogP contribution in [0.3, 0.4) is 0 Å². The molecule has 4 aliphatic carbocycles. The molecule has 4 saturated carbocycles. The zero-order valence-electron chi connectivity index (χ0n) is 23.3. The van der Waals surface area contributed by atoms with Crippen LogP contribution in [0, 0.1) is 16.6 Å². The van der Waals surface area contributed by atoms with E-state index < -0.39 is 40.1 Å². The summed E-state index contributed by atoms with van der Waals surface area (Å²) in [7, 11) is 0. The van der Waals surface area contributed by atoms with Gasteiger partial charge in [0.25, 0.3) is 0 Å². The van der Waals surface area contributed by atoms with Gasteiger partial charge in [0.05, 0.1) is 16.5 Å². The van der Waals surface area contributed by atoms with Crippen molar-refractivity contribution in [3.8, 4) is 0 Å². The molecule has 1 saturated heterocycles. The summed E-state index contributed by atoms with van der Waals surface area (Å²) in [6.07, 6.45) is 9.65. The first-order chi connectivity index (χ1) is 20.1. The molecule has 5 fully saturated rings. The van der Waals surface area contributed by atoms with Gasteiger partial charge in [-0.2, -0.15) is 0 Å². The number of Topliss-reactive ketones (excluding diaryl/α,β-unsaturated/α-hetero) is 1. The molecule has 8 rings (SSSR count). The molecule has 3 heterocycles. The highest BCUT2D eigenvalue weighted by Gasteiger charge is 2.72. The first-order valence-electron chi connectivity index (χ1n) is 15.0. The summed E-state index contributed by atoms with van der Waals surface area (Å²) in [6, 6.07) is 5.57. The van der Waals surface area contributed by atoms with Crippen LogP contribution in [0.25, 0.3) is 0 Å². The number of pyridine rings is 1. The first-order valence-corrected chi connectivity index (χ1v) is 15.8. The Morgan fingerprint density at radius 2 is 1.71 bits per heavy atom. The minimum atomic E-state index is -1.30. The highest BCUT2D eigenvalue weighted by molar-refractivity contribution is 6.31. The zero-order valence-corrected chi connectivity index (χ0v) is 24.8. The number of hydrogen-bond donors (Lipinski definition) is 3. The molecular weight excluding hydrogens is 580 g/mol. The molecule has 42 heavy (non-hydrogen) atoms. The summed E-state index contributed by atoms with van der Waals surface area (Å²) in [4.78, 5) is 45.5. The van der Waals surface area contributed by atoms with Crippen LogP contribution >= 0.6 is 23.2 Å². The van der Waals surface area contributed by atoms with Crippen molar-refractivity contribution in [3.05, 3.63) is 57.6 Å². The molecule has 2 aliphatic heterocycles. The molecule has 2 spiro atoms. The van der Waals surface area contributed by atoms with Crippen molar-refractivity contribution in [2.45, 2.75) is 100.0 Å². The van der Waals surface area contributed by atoms with Crippen LogP contribution in [0.15, 0.2) is 30.5 Å². The van der Waals surface area contributed by atoms with Crippen LogP contribution in [0.2, 0.25) is 10.2 Å². The van der Waals surface area contributed by atoms with E-state index in [1.165, 1.54) is 6.07 Å². The number of nitrogens with zero attached hydrogens (tertiary/aromatic N) is 1. The van der Waals surface area contributed by atoms with Crippen LogP contribution in [0.1, 0.15) is 94.1 Å². The van der Waals surface area contributed by atoms with Gasteiger partial charge in [-0.1, -0.05) is 54.6 Å². The molecule has 1 aromatic heterocycles. The monoisotopic (exact) mass is 613 g/mol. The lowest BCUT2D eigenvalue weighted by Crippen LogP contribution is -2.60. The lowest BCUT2D eigenvalue weighted by molar-refractivity contribution is -0.159. The number of amides is 1. The Morgan fingerprint density at radius 1 is 1.02 bits per heavy atom. The summed E-state index contributed by atoms with van der Waals surface area (Å²) in [5.74, 6) is -2.58. The van der Waals surface area contributed by atoms with Crippen LogP contribution < -0.4 is 10.6 Å². The molecule has 7 nitrogen and oxygen atoms in total. The number of hydrogen-bond acceptors (Lipinski definition) is 5. The van der Waals surface area contributed by atoms with E-state index in [1.54, 1.807) is 24.4 Å². The third-order valence-electron chi connectivity index (χ3n) is 11.7. The number of nitrogens with one attached hydrogen (secondary N) is 2. The Balaban J connectivity index is 1.37. The lowest BCUT2D eigenvalue weighted by Gasteiger charge is -2.51. The van der Waals surface area contributed by atoms with E-state index in [0.29, 0.717) is 62.6 Å². The van der Waals surface area contributed by atoms with Crippen LogP contribution in [-0.2, 0) is 19.8 Å². The molecule has 3 atom stereocenters. The van der Waals surface area contributed by atoms with Crippen molar-refractivity contribution < 1.29 is 23.9 Å². The first kappa shape index (κ1) is 28.2. The van der Waals surface area contributed by atoms with Crippen LogP contribution in [0.5, 0.6) is 0 Å². The SMILES string of the molecule is O=C(CC12CCC(C(=O)O)(CC1)CC2)[C@@H]1NC2(CCCCC2)[C@@]2(C(=O)Nc3cc(Cl)ncc32)[C@H]1c1cccc(Cl)c1F. The quantitative estimate of drug-likeness (QED) is 0.330. The fourth-order valence-corrected chi connectivity index (χ4v) is 9.82. The van der Waals surface area contributed by atoms with Gasteiger partial charge in [0.15, 0.2) is 5.78 Å². The number of ketones is 1. The number of carbonyl (C=O) groups is 3. The zero-order chi connectivity index (χ0) is 29.5. The summed E-state index contributed by atoms with van der Waals surface area (Å²) in [5.41, 5.74) is -1.66. The smallest absolute Gasteiger partial charge is 0.309 e. The summed E-state index contributed by atoms with van der Waals surface area (Å²) in [5, 5.41) is 16.8. The van der Waals surface area contributed by atoms with Gasteiger partial charge in [0, 0.05) is 35.3 Å². The molecule has 3 N–H and O–H groups in total. The Bertz CT molecular complexity index is 1480. The normalized spacial score (nSPS) is 34.5. The molecular formula is C32H34Cl2FN3O4. The van der Waals surface area contributed by atoms with Gasteiger partial charge in [-0.25, -0.2) is 9.37 Å². The second-order valence-corrected chi connectivity index (χ2v) is 14.2. The van der Waals surface area contributed by atoms with E-state index >= 15 is 4.39 Å². The number of carbonyl (C=O) groups excluding carboxylic acids is 2. The number of aromatic nitrogens is 1. The number of anilines is 1. The van der Waals surface area contributed by atoms with Crippen molar-refractivity contribution in [2.75, 3.05) is 5.32 Å². The molecule has 2 bridgehead atoms. The second kappa shape index (κ2) is 9.73. The number of aliphatic carboxylic acids is 1. The van der Waals surface area contributed by atoms with Crippen LogP contribution in [0.4, 0.5) is 10.1 Å². The number of benzene rings is 1. The van der Waals surface area contributed by atoms with E-state index in [-0.39, 0.29) is 39.3 Å². The Hall–Kier alpha value is -2.55. The minimum absolute atomic E-state index is 0.0607. The molecule has 0 radical (unpaired) electrons. The van der Waals surface area contributed by atoms with Gasteiger partial charge in [-0.05, 0) is 74.5 Å². The maximum absolute atomic E-state index is 16.1. The lowest BCUT2D eigenvalue weighted by atomic mass is 9.52. The molecule has 2 aromatic rings. The van der Waals surface area contributed by atoms with Gasteiger partial charge in [-0.3, -0.25) is 19.7 Å². The third-order valence-corrected chi connectivity index (χ3v) is 12.2. The van der Waals surface area contributed by atoms with E-state index in [2.05, 4.69) is 15.6 Å². The van der Waals surface area contributed by atoms with Crippen molar-refractivity contribution in [3.63, 3.8) is 0 Å². The van der Waals surface area contributed by atoms with Crippen molar-refractivity contribution >= 4 is 46.5 Å². The number of rotatable bonds is 5. The molecule has 0 unspecified atom stereocenters. The van der Waals surface area contributed by atoms with Gasteiger partial charge in [0.1, 0.15) is 16.4 Å². The standard InChI is InChI=1S/C32H34Cl2FN3O4/c33-20-6-4-5-18(25(20)35)24-26(22(39)16-29-9-12-30(13-10-29,14-11-29)28(41)42)38-31(7-2-1-3-8-31)32(24)19-17-36-23(34)15-21(19)37-27(32)40/h4-6,15,17,24,26,38H,1-3,7-14,16H2,(H,37,40)(H,41,42)/t24-,26-,29?,30?,32+/m0/s1. The maximum Gasteiger partial charge on any atom is 0.309 e. The fraction of sp³-hybridized carbons (Fsp3) is 0.562. The molecule has 222 valence electrons. The van der Waals surface area contributed by atoms with Gasteiger partial charge in [0.2, 0.25) is 5.91 Å². The third kappa shape index (κ3) is 3.80. The average Bonchev–Trinajstić information content (AvgIpc) is 3.43. The highest BCUT2D eigenvalue weighted by Crippen LogP contribution is 2.64. The van der Waals surface area contributed by atoms with Gasteiger partial charge >= 0.3 is 5.97 Å².